The van der Waals surface area contributed by atoms with Crippen molar-refractivity contribution in [1.82, 2.24) is 9.88 Å². The second kappa shape index (κ2) is 8.63. The highest BCUT2D eigenvalue weighted by Gasteiger charge is 2.46. The molecule has 1 saturated heterocycles. The van der Waals surface area contributed by atoms with E-state index in [-0.39, 0.29) is 23.4 Å². The van der Waals surface area contributed by atoms with Gasteiger partial charge in [0, 0.05) is 44.3 Å². The quantitative estimate of drug-likeness (QED) is 0.377. The topological polar surface area (TPSA) is 73.7 Å². The highest BCUT2D eigenvalue weighted by molar-refractivity contribution is 6.46. The fraction of sp³-hybridized carbons (Fsp3) is 0.160. The number of amides is 1. The number of aliphatic hydroxyl groups is 1. The molecule has 1 aliphatic rings. The molecule has 6 nitrogen and oxygen atoms in total. The molecule has 7 heteroatoms. The Kier molecular flexibility index (Phi) is 5.73. The SMILES string of the molecule is CN(C)c1ccc(C2C(=C(O)c3ccc(F)cc3)C(=O)C(=O)N2Cc2cccnc2)cc1. The Balaban J connectivity index is 1.84. The van der Waals surface area contributed by atoms with Gasteiger partial charge < -0.3 is 14.9 Å². The summed E-state index contributed by atoms with van der Waals surface area (Å²) in [5.41, 5.74) is 2.63. The van der Waals surface area contributed by atoms with Gasteiger partial charge in [-0.15, -0.1) is 0 Å². The van der Waals surface area contributed by atoms with Gasteiger partial charge in [-0.05, 0) is 53.6 Å². The van der Waals surface area contributed by atoms with Gasteiger partial charge in [0.1, 0.15) is 11.6 Å². The maximum atomic E-state index is 13.4. The van der Waals surface area contributed by atoms with Crippen LogP contribution in [-0.2, 0) is 16.1 Å². The zero-order valence-corrected chi connectivity index (χ0v) is 17.7. The van der Waals surface area contributed by atoms with E-state index in [0.29, 0.717) is 5.56 Å². The van der Waals surface area contributed by atoms with Crippen LogP contribution < -0.4 is 4.90 Å². The number of likely N-dealkylation sites (tertiary alicyclic amines) is 1. The number of hydrogen-bond acceptors (Lipinski definition) is 5. The van der Waals surface area contributed by atoms with Gasteiger partial charge in [0.15, 0.2) is 0 Å². The van der Waals surface area contributed by atoms with Gasteiger partial charge in [-0.25, -0.2) is 4.39 Å². The monoisotopic (exact) mass is 431 g/mol. The molecule has 0 aliphatic carbocycles. The predicted molar refractivity (Wildman–Crippen MR) is 119 cm³/mol. The number of aromatic nitrogens is 1. The Hall–Kier alpha value is -4.00. The van der Waals surface area contributed by atoms with Gasteiger partial charge >= 0.3 is 0 Å². The van der Waals surface area contributed by atoms with Crippen molar-refractivity contribution >= 4 is 23.1 Å². The molecule has 4 rings (SSSR count). The number of pyridine rings is 1. The van der Waals surface area contributed by atoms with Crippen molar-refractivity contribution in [2.45, 2.75) is 12.6 Å². The molecule has 1 N–H and O–H groups in total. The van der Waals surface area contributed by atoms with E-state index in [1.165, 1.54) is 29.2 Å². The number of ketones is 1. The Morgan fingerprint density at radius 3 is 2.34 bits per heavy atom. The smallest absolute Gasteiger partial charge is 0.295 e. The first kappa shape index (κ1) is 21.2. The van der Waals surface area contributed by atoms with Gasteiger partial charge in [0.2, 0.25) is 0 Å². The van der Waals surface area contributed by atoms with Crippen LogP contribution in [0.4, 0.5) is 10.1 Å². The van der Waals surface area contributed by atoms with E-state index >= 15 is 0 Å². The van der Waals surface area contributed by atoms with Crippen molar-refractivity contribution < 1.29 is 19.1 Å². The van der Waals surface area contributed by atoms with E-state index < -0.39 is 23.5 Å². The summed E-state index contributed by atoms with van der Waals surface area (Å²) in [7, 11) is 3.83. The number of nitrogens with zero attached hydrogens (tertiary/aromatic N) is 3. The molecule has 0 radical (unpaired) electrons. The first-order valence-electron chi connectivity index (χ1n) is 10.1. The van der Waals surface area contributed by atoms with Gasteiger partial charge in [-0.2, -0.15) is 0 Å². The van der Waals surface area contributed by atoms with Gasteiger partial charge in [-0.3, -0.25) is 14.6 Å². The van der Waals surface area contributed by atoms with E-state index in [9.17, 15) is 19.1 Å². The van der Waals surface area contributed by atoms with Crippen LogP contribution in [0.1, 0.15) is 22.7 Å². The number of halogens is 1. The van der Waals surface area contributed by atoms with Crippen LogP contribution in [0.3, 0.4) is 0 Å². The van der Waals surface area contributed by atoms with Crippen LogP contribution in [0.5, 0.6) is 0 Å². The standard InChI is InChI=1S/C25H22FN3O3/c1-28(2)20-11-7-17(8-12-20)22-21(23(30)18-5-9-19(26)10-6-18)24(31)25(32)29(22)15-16-4-3-13-27-14-16/h3-14,22,30H,15H2,1-2H3. The van der Waals surface area contributed by atoms with Crippen molar-refractivity contribution in [3.05, 3.63) is 101 Å². The minimum Gasteiger partial charge on any atom is -0.507 e. The van der Waals surface area contributed by atoms with E-state index in [4.69, 9.17) is 0 Å². The zero-order chi connectivity index (χ0) is 22.8. The molecule has 0 bridgehead atoms. The number of aliphatic hydroxyl groups excluding tert-OH is 1. The summed E-state index contributed by atoms with van der Waals surface area (Å²) in [6.45, 7) is 0.151. The summed E-state index contributed by atoms with van der Waals surface area (Å²) in [4.78, 5) is 33.5. The minimum atomic E-state index is -0.795. The molecule has 2 heterocycles. The maximum absolute atomic E-state index is 13.4. The zero-order valence-electron chi connectivity index (χ0n) is 17.7. The van der Waals surface area contributed by atoms with E-state index in [2.05, 4.69) is 4.98 Å². The third-order valence-electron chi connectivity index (χ3n) is 5.46. The van der Waals surface area contributed by atoms with Crippen LogP contribution in [-0.4, -0.2) is 40.8 Å². The first-order chi connectivity index (χ1) is 15.4. The van der Waals surface area contributed by atoms with Gasteiger partial charge in [-0.1, -0.05) is 18.2 Å². The third kappa shape index (κ3) is 3.97. The van der Waals surface area contributed by atoms with Crippen molar-refractivity contribution in [2.24, 2.45) is 0 Å². The van der Waals surface area contributed by atoms with Crippen molar-refractivity contribution in [3.63, 3.8) is 0 Å². The molecule has 0 spiro atoms. The molecule has 1 aliphatic heterocycles. The molecule has 1 unspecified atom stereocenters. The van der Waals surface area contributed by atoms with Gasteiger partial charge in [0.25, 0.3) is 11.7 Å². The minimum absolute atomic E-state index is 0.0249. The average Bonchev–Trinajstić information content (AvgIpc) is 3.05. The van der Waals surface area contributed by atoms with E-state index in [1.54, 1.807) is 18.5 Å². The van der Waals surface area contributed by atoms with Crippen LogP contribution in [0.15, 0.2) is 78.6 Å². The number of anilines is 1. The summed E-state index contributed by atoms with van der Waals surface area (Å²) in [6, 6.07) is 15.4. The summed E-state index contributed by atoms with van der Waals surface area (Å²) in [5.74, 6) is -2.29. The van der Waals surface area contributed by atoms with Crippen molar-refractivity contribution in [1.29, 1.82) is 0 Å². The largest absolute Gasteiger partial charge is 0.507 e. The number of rotatable bonds is 5. The average molecular weight is 431 g/mol. The molecule has 1 amide bonds. The fourth-order valence-corrected chi connectivity index (χ4v) is 3.80. The molecule has 162 valence electrons. The molecular weight excluding hydrogens is 409 g/mol. The van der Waals surface area contributed by atoms with Crippen LogP contribution in [0.2, 0.25) is 0 Å². The first-order valence-corrected chi connectivity index (χ1v) is 10.1. The molecule has 32 heavy (non-hydrogen) atoms. The predicted octanol–water partition coefficient (Wildman–Crippen LogP) is 3.91. The number of benzene rings is 2. The lowest BCUT2D eigenvalue weighted by Gasteiger charge is -2.26. The highest BCUT2D eigenvalue weighted by Crippen LogP contribution is 2.40. The van der Waals surface area contributed by atoms with Crippen LogP contribution in [0, 0.1) is 5.82 Å². The highest BCUT2D eigenvalue weighted by atomic mass is 19.1. The molecule has 3 aromatic rings. The lowest BCUT2D eigenvalue weighted by atomic mass is 9.95. The second-order valence-electron chi connectivity index (χ2n) is 7.78. The van der Waals surface area contributed by atoms with Crippen molar-refractivity contribution in [2.75, 3.05) is 19.0 Å². The summed E-state index contributed by atoms with van der Waals surface area (Å²) >= 11 is 0. The second-order valence-corrected chi connectivity index (χ2v) is 7.78. The summed E-state index contributed by atoms with van der Waals surface area (Å²) in [6.07, 6.45) is 3.26. The van der Waals surface area contributed by atoms with E-state index in [0.717, 1.165) is 11.3 Å². The molecular formula is C25H22FN3O3. The summed E-state index contributed by atoms with van der Waals surface area (Å²) in [5, 5.41) is 11.0. The normalized spacial score (nSPS) is 17.6. The summed E-state index contributed by atoms with van der Waals surface area (Å²) < 4.78 is 13.4. The number of Topliss-reactive ketones (excluding diaryl/α,β-unsaturated/α-hetero) is 1. The van der Waals surface area contributed by atoms with Crippen LogP contribution >= 0.6 is 0 Å². The Morgan fingerprint density at radius 2 is 1.75 bits per heavy atom. The number of hydrogen-bond donors (Lipinski definition) is 1. The maximum Gasteiger partial charge on any atom is 0.295 e. The molecule has 0 saturated carbocycles. The lowest BCUT2D eigenvalue weighted by molar-refractivity contribution is -0.140. The van der Waals surface area contributed by atoms with Crippen LogP contribution in [0.25, 0.3) is 5.76 Å². The Morgan fingerprint density at radius 1 is 1.06 bits per heavy atom. The number of carbonyl (C=O) groups is 2. The van der Waals surface area contributed by atoms with Crippen molar-refractivity contribution in [3.8, 4) is 0 Å². The molecule has 1 atom stereocenters. The lowest BCUT2D eigenvalue weighted by Crippen LogP contribution is -2.29. The fourth-order valence-electron chi connectivity index (χ4n) is 3.80. The molecule has 1 fully saturated rings. The molecule has 1 aromatic heterocycles. The molecule has 2 aromatic carbocycles. The Labute approximate surface area is 185 Å². The Bertz CT molecular complexity index is 1170. The van der Waals surface area contributed by atoms with Gasteiger partial charge in [0.05, 0.1) is 11.6 Å². The van der Waals surface area contributed by atoms with E-state index in [1.807, 2.05) is 49.3 Å². The third-order valence-corrected chi connectivity index (χ3v) is 5.46. The number of carbonyl (C=O) groups excluding carboxylic acids is 2.